The fourth-order valence-electron chi connectivity index (χ4n) is 3.63. The van der Waals surface area contributed by atoms with Crippen LogP contribution in [0.3, 0.4) is 0 Å². The molecule has 1 amide bonds. The second-order valence-electron chi connectivity index (χ2n) is 7.29. The average Bonchev–Trinajstić information content (AvgIpc) is 2.82. The lowest BCUT2D eigenvalue weighted by atomic mass is 10.1. The van der Waals surface area contributed by atoms with Crippen molar-refractivity contribution < 1.29 is 27.4 Å². The lowest BCUT2D eigenvalue weighted by molar-refractivity contribution is -0.130. The zero-order valence-corrected chi connectivity index (χ0v) is 19.9. The molecule has 0 aromatic heterocycles. The third-order valence-electron chi connectivity index (χ3n) is 5.34. The smallest absolute Gasteiger partial charge is 0.265 e. The number of methoxy groups -OCH3 is 3. The normalized spacial score (nSPS) is 14.1. The number of ether oxygens (including phenoxy) is 3. The topological polar surface area (TPSA) is 85.4 Å². The molecular formula is C22H27ClN2O6S. The minimum atomic E-state index is -4.18. The Bertz CT molecular complexity index is 1070. The predicted molar refractivity (Wildman–Crippen MR) is 123 cm³/mol. The fourth-order valence-corrected chi connectivity index (χ4v) is 5.23. The molecule has 2 aromatic carbocycles. The van der Waals surface area contributed by atoms with Gasteiger partial charge in [-0.3, -0.25) is 9.10 Å². The third kappa shape index (κ3) is 5.05. The average molecular weight is 483 g/mol. The van der Waals surface area contributed by atoms with Crippen molar-refractivity contribution in [2.24, 2.45) is 0 Å². The highest BCUT2D eigenvalue weighted by Crippen LogP contribution is 2.37. The van der Waals surface area contributed by atoms with Crippen LogP contribution in [0.15, 0.2) is 41.3 Å². The van der Waals surface area contributed by atoms with Crippen molar-refractivity contribution in [3.05, 3.63) is 41.4 Å². The molecule has 0 atom stereocenters. The molecule has 1 aliphatic rings. The number of rotatable bonds is 8. The first-order valence-corrected chi connectivity index (χ1v) is 12.0. The van der Waals surface area contributed by atoms with Crippen LogP contribution >= 0.6 is 11.6 Å². The summed E-state index contributed by atoms with van der Waals surface area (Å²) in [4.78, 5) is 14.7. The molecule has 0 spiro atoms. The molecule has 10 heteroatoms. The summed E-state index contributed by atoms with van der Waals surface area (Å²) in [6.07, 6.45) is 2.85. The van der Waals surface area contributed by atoms with Gasteiger partial charge >= 0.3 is 0 Å². The van der Waals surface area contributed by atoms with Crippen LogP contribution in [0.1, 0.15) is 19.3 Å². The Hall–Kier alpha value is -2.65. The third-order valence-corrected chi connectivity index (χ3v) is 7.33. The van der Waals surface area contributed by atoms with Crippen LogP contribution in [0, 0.1) is 0 Å². The number of hydrogen-bond donors (Lipinski definition) is 0. The Morgan fingerprint density at radius 2 is 1.56 bits per heavy atom. The van der Waals surface area contributed by atoms with E-state index in [-0.39, 0.29) is 34.5 Å². The van der Waals surface area contributed by atoms with Gasteiger partial charge in [0.1, 0.15) is 12.3 Å². The van der Waals surface area contributed by atoms with Crippen molar-refractivity contribution >= 4 is 33.2 Å². The van der Waals surface area contributed by atoms with Gasteiger partial charge in [-0.05, 0) is 49.6 Å². The van der Waals surface area contributed by atoms with Crippen LogP contribution in [0.2, 0.25) is 5.02 Å². The summed E-state index contributed by atoms with van der Waals surface area (Å²) < 4.78 is 44.4. The first kappa shape index (κ1) is 24.0. The molecule has 3 rings (SSSR count). The van der Waals surface area contributed by atoms with Gasteiger partial charge in [-0.2, -0.15) is 0 Å². The van der Waals surface area contributed by atoms with Gasteiger partial charge in [0.15, 0.2) is 11.5 Å². The van der Waals surface area contributed by atoms with E-state index in [9.17, 15) is 13.2 Å². The molecule has 32 heavy (non-hydrogen) atoms. The van der Waals surface area contributed by atoms with Crippen molar-refractivity contribution in [3.63, 3.8) is 0 Å². The van der Waals surface area contributed by atoms with Gasteiger partial charge in [0, 0.05) is 24.2 Å². The molecule has 0 radical (unpaired) electrons. The number of hydrogen-bond acceptors (Lipinski definition) is 6. The zero-order valence-electron chi connectivity index (χ0n) is 18.3. The molecule has 8 nitrogen and oxygen atoms in total. The quantitative estimate of drug-likeness (QED) is 0.571. The van der Waals surface area contributed by atoms with E-state index in [4.69, 9.17) is 25.8 Å². The standard InChI is InChI=1S/C22H27ClN2O6S/c1-29-19-9-7-16(23)13-18(19)25(15-22(26)24-11-5-4-6-12-24)32(27,28)17-8-10-20(30-2)21(14-17)31-3/h7-10,13-14H,4-6,11-12,15H2,1-3H3. The predicted octanol–water partition coefficient (Wildman–Crippen LogP) is 3.57. The van der Waals surface area contributed by atoms with Crippen molar-refractivity contribution in [1.82, 2.24) is 4.90 Å². The summed E-state index contributed by atoms with van der Waals surface area (Å²) >= 11 is 6.18. The van der Waals surface area contributed by atoms with Gasteiger partial charge in [0.2, 0.25) is 5.91 Å². The number of carbonyl (C=O) groups is 1. The highest BCUT2D eigenvalue weighted by atomic mass is 35.5. The van der Waals surface area contributed by atoms with E-state index in [1.165, 1.54) is 45.6 Å². The number of carbonyl (C=O) groups excluding carboxylic acids is 1. The Balaban J connectivity index is 2.09. The van der Waals surface area contributed by atoms with Crippen molar-refractivity contribution in [2.45, 2.75) is 24.2 Å². The molecule has 0 N–H and O–H groups in total. The summed E-state index contributed by atoms with van der Waals surface area (Å²) in [7, 11) is 0.135. The molecular weight excluding hydrogens is 456 g/mol. The van der Waals surface area contributed by atoms with E-state index < -0.39 is 10.0 Å². The van der Waals surface area contributed by atoms with Crippen LogP contribution in [0.5, 0.6) is 17.2 Å². The summed E-state index contributed by atoms with van der Waals surface area (Å²) in [5, 5.41) is 0.318. The van der Waals surface area contributed by atoms with Crippen LogP contribution < -0.4 is 18.5 Å². The minimum Gasteiger partial charge on any atom is -0.495 e. The van der Waals surface area contributed by atoms with Gasteiger partial charge in [-0.1, -0.05) is 11.6 Å². The number of likely N-dealkylation sites (tertiary alicyclic amines) is 1. The van der Waals surface area contributed by atoms with E-state index in [0.29, 0.717) is 23.9 Å². The van der Waals surface area contributed by atoms with Crippen LogP contribution in [-0.2, 0) is 14.8 Å². The molecule has 0 bridgehead atoms. The molecule has 1 heterocycles. The summed E-state index contributed by atoms with van der Waals surface area (Å²) in [6, 6.07) is 8.92. The lowest BCUT2D eigenvalue weighted by Crippen LogP contribution is -2.45. The van der Waals surface area contributed by atoms with Gasteiger partial charge < -0.3 is 19.1 Å². The highest BCUT2D eigenvalue weighted by molar-refractivity contribution is 7.92. The maximum absolute atomic E-state index is 13.8. The number of anilines is 1. The summed E-state index contributed by atoms with van der Waals surface area (Å²) in [6.45, 7) is 0.832. The molecule has 0 aliphatic carbocycles. The van der Waals surface area contributed by atoms with E-state index in [1.807, 2.05) is 0 Å². The van der Waals surface area contributed by atoms with Gasteiger partial charge in [-0.15, -0.1) is 0 Å². The molecule has 0 saturated carbocycles. The molecule has 2 aromatic rings. The van der Waals surface area contributed by atoms with Crippen LogP contribution in [0.4, 0.5) is 5.69 Å². The first-order valence-electron chi connectivity index (χ1n) is 10.2. The van der Waals surface area contributed by atoms with E-state index in [1.54, 1.807) is 17.0 Å². The summed E-state index contributed by atoms with van der Waals surface area (Å²) in [5.74, 6) is 0.650. The van der Waals surface area contributed by atoms with Crippen molar-refractivity contribution in [1.29, 1.82) is 0 Å². The van der Waals surface area contributed by atoms with Gasteiger partial charge in [0.05, 0.1) is 31.9 Å². The molecule has 1 fully saturated rings. The maximum Gasteiger partial charge on any atom is 0.265 e. The second kappa shape index (κ2) is 10.3. The second-order valence-corrected chi connectivity index (χ2v) is 9.58. The van der Waals surface area contributed by atoms with Gasteiger partial charge in [-0.25, -0.2) is 8.42 Å². The molecule has 174 valence electrons. The Morgan fingerprint density at radius 3 is 2.19 bits per heavy atom. The molecule has 1 aliphatic heterocycles. The van der Waals surface area contributed by atoms with E-state index in [0.717, 1.165) is 23.6 Å². The zero-order chi connectivity index (χ0) is 23.3. The monoisotopic (exact) mass is 482 g/mol. The maximum atomic E-state index is 13.8. The SMILES string of the molecule is COc1ccc(S(=O)(=O)N(CC(=O)N2CCCCC2)c2cc(Cl)ccc2OC)cc1OC. The largest absolute Gasteiger partial charge is 0.495 e. The highest BCUT2D eigenvalue weighted by Gasteiger charge is 2.32. The Labute approximate surface area is 193 Å². The number of sulfonamides is 1. The molecule has 1 saturated heterocycles. The number of halogens is 1. The summed E-state index contributed by atoms with van der Waals surface area (Å²) in [5.41, 5.74) is 0.181. The number of benzene rings is 2. The van der Waals surface area contributed by atoms with E-state index >= 15 is 0 Å². The Morgan fingerprint density at radius 1 is 0.938 bits per heavy atom. The van der Waals surface area contributed by atoms with E-state index in [2.05, 4.69) is 0 Å². The van der Waals surface area contributed by atoms with Crippen LogP contribution in [-0.4, -0.2) is 60.2 Å². The number of piperidine rings is 1. The number of nitrogens with zero attached hydrogens (tertiary/aromatic N) is 2. The first-order chi connectivity index (χ1) is 15.3. The number of amides is 1. The molecule has 0 unspecified atom stereocenters. The van der Waals surface area contributed by atoms with Crippen molar-refractivity contribution in [2.75, 3.05) is 45.3 Å². The van der Waals surface area contributed by atoms with Gasteiger partial charge in [0.25, 0.3) is 10.0 Å². The Kier molecular flexibility index (Phi) is 7.73. The van der Waals surface area contributed by atoms with Crippen molar-refractivity contribution in [3.8, 4) is 17.2 Å². The lowest BCUT2D eigenvalue weighted by Gasteiger charge is -2.31. The fraction of sp³-hybridized carbons (Fsp3) is 0.409. The minimum absolute atomic E-state index is 0.0522. The van der Waals surface area contributed by atoms with Crippen LogP contribution in [0.25, 0.3) is 0 Å².